The lowest BCUT2D eigenvalue weighted by Crippen LogP contribution is -2.28. The summed E-state index contributed by atoms with van der Waals surface area (Å²) in [5.74, 6) is -0.214. The predicted octanol–water partition coefficient (Wildman–Crippen LogP) is 1.18. The number of halogens is 1. The fourth-order valence-corrected chi connectivity index (χ4v) is 2.18. The second kappa shape index (κ2) is 3.78. The molecule has 0 radical (unpaired) electrons. The third kappa shape index (κ3) is 2.22. The number of carbonyl (C=O) groups is 1. The summed E-state index contributed by atoms with van der Waals surface area (Å²) in [6, 6.07) is 1.54. The van der Waals surface area contributed by atoms with E-state index in [1.807, 2.05) is 0 Å². The van der Waals surface area contributed by atoms with E-state index < -0.39 is 9.05 Å². The molecule has 1 saturated carbocycles. The SMILES string of the molecule is CN(C(=O)c1cc(S(=O)(=O)Cl)c[nH]1)C1CC1. The van der Waals surface area contributed by atoms with Gasteiger partial charge in [-0.3, -0.25) is 4.79 Å². The summed E-state index contributed by atoms with van der Waals surface area (Å²) >= 11 is 0. The number of hydrogen-bond acceptors (Lipinski definition) is 3. The third-order valence-corrected chi connectivity index (χ3v) is 3.92. The van der Waals surface area contributed by atoms with Crippen LogP contribution in [-0.4, -0.2) is 37.3 Å². The van der Waals surface area contributed by atoms with E-state index in [0.717, 1.165) is 12.8 Å². The Labute approximate surface area is 97.8 Å². The van der Waals surface area contributed by atoms with Gasteiger partial charge in [-0.05, 0) is 18.9 Å². The molecular weight excluding hydrogens is 252 g/mol. The number of aromatic nitrogens is 1. The van der Waals surface area contributed by atoms with Crippen LogP contribution in [0.5, 0.6) is 0 Å². The molecule has 88 valence electrons. The first kappa shape index (κ1) is 11.5. The summed E-state index contributed by atoms with van der Waals surface area (Å²) in [6.07, 6.45) is 3.23. The molecule has 1 aromatic rings. The van der Waals surface area contributed by atoms with E-state index in [-0.39, 0.29) is 22.5 Å². The van der Waals surface area contributed by atoms with E-state index in [1.54, 1.807) is 11.9 Å². The molecule has 0 aliphatic heterocycles. The van der Waals surface area contributed by atoms with Crippen LogP contribution in [0.1, 0.15) is 23.3 Å². The minimum atomic E-state index is -3.78. The zero-order chi connectivity index (χ0) is 11.9. The van der Waals surface area contributed by atoms with Gasteiger partial charge in [-0.2, -0.15) is 0 Å². The van der Waals surface area contributed by atoms with Crippen LogP contribution in [0.3, 0.4) is 0 Å². The van der Waals surface area contributed by atoms with Crippen molar-refractivity contribution < 1.29 is 13.2 Å². The molecule has 1 amide bonds. The minimum absolute atomic E-state index is 0.0817. The number of amides is 1. The van der Waals surface area contributed by atoms with Crippen molar-refractivity contribution in [2.24, 2.45) is 0 Å². The zero-order valence-corrected chi connectivity index (χ0v) is 10.2. The number of H-pyrrole nitrogens is 1. The molecule has 0 saturated heterocycles. The lowest BCUT2D eigenvalue weighted by molar-refractivity contribution is 0.0780. The first-order valence-corrected chi connectivity index (χ1v) is 7.11. The third-order valence-electron chi connectivity index (χ3n) is 2.58. The first-order chi connectivity index (χ1) is 7.39. The number of rotatable bonds is 3. The van der Waals surface area contributed by atoms with Crippen molar-refractivity contribution in [2.75, 3.05) is 7.05 Å². The van der Waals surface area contributed by atoms with Gasteiger partial charge in [0, 0.05) is 30.0 Å². The summed E-state index contributed by atoms with van der Waals surface area (Å²) in [6.45, 7) is 0. The van der Waals surface area contributed by atoms with Gasteiger partial charge in [0.25, 0.3) is 15.0 Å². The van der Waals surface area contributed by atoms with Gasteiger partial charge < -0.3 is 9.88 Å². The molecular formula is C9H11ClN2O3S. The summed E-state index contributed by atoms with van der Waals surface area (Å²) < 4.78 is 22.0. The number of hydrogen-bond donors (Lipinski definition) is 1. The zero-order valence-electron chi connectivity index (χ0n) is 8.60. The highest BCUT2D eigenvalue weighted by molar-refractivity contribution is 8.13. The van der Waals surface area contributed by atoms with Crippen molar-refractivity contribution in [1.82, 2.24) is 9.88 Å². The molecule has 7 heteroatoms. The van der Waals surface area contributed by atoms with Crippen LogP contribution >= 0.6 is 10.7 Å². The van der Waals surface area contributed by atoms with Crippen LogP contribution in [0, 0.1) is 0 Å². The molecule has 0 bridgehead atoms. The largest absolute Gasteiger partial charge is 0.356 e. The fraction of sp³-hybridized carbons (Fsp3) is 0.444. The molecule has 0 aromatic carbocycles. The molecule has 1 aliphatic carbocycles. The first-order valence-electron chi connectivity index (χ1n) is 4.80. The fourth-order valence-electron chi connectivity index (χ4n) is 1.46. The Bertz CT molecular complexity index is 519. The van der Waals surface area contributed by atoms with Crippen molar-refractivity contribution in [3.05, 3.63) is 18.0 Å². The Morgan fingerprint density at radius 2 is 2.19 bits per heavy atom. The van der Waals surface area contributed by atoms with E-state index in [2.05, 4.69) is 4.98 Å². The smallest absolute Gasteiger partial charge is 0.270 e. The lowest BCUT2D eigenvalue weighted by Gasteiger charge is -2.14. The highest BCUT2D eigenvalue weighted by Crippen LogP contribution is 2.27. The van der Waals surface area contributed by atoms with Crippen LogP contribution in [0.4, 0.5) is 0 Å². The van der Waals surface area contributed by atoms with Crippen molar-refractivity contribution >= 4 is 25.6 Å². The summed E-state index contributed by atoms with van der Waals surface area (Å²) in [4.78, 5) is 16.0. The van der Waals surface area contributed by atoms with Crippen molar-refractivity contribution in [1.29, 1.82) is 0 Å². The Morgan fingerprint density at radius 1 is 1.56 bits per heavy atom. The molecule has 5 nitrogen and oxygen atoms in total. The number of nitrogens with zero attached hydrogens (tertiary/aromatic N) is 1. The van der Waals surface area contributed by atoms with Gasteiger partial charge in [0.15, 0.2) is 0 Å². The summed E-state index contributed by atoms with van der Waals surface area (Å²) in [5, 5.41) is 0. The van der Waals surface area contributed by atoms with E-state index >= 15 is 0 Å². The van der Waals surface area contributed by atoms with Crippen LogP contribution in [0.25, 0.3) is 0 Å². The molecule has 1 N–H and O–H groups in total. The topological polar surface area (TPSA) is 70.2 Å². The molecule has 2 rings (SSSR count). The van der Waals surface area contributed by atoms with Crippen LogP contribution in [0.15, 0.2) is 17.2 Å². The highest BCUT2D eigenvalue weighted by Gasteiger charge is 2.31. The highest BCUT2D eigenvalue weighted by atomic mass is 35.7. The van der Waals surface area contributed by atoms with E-state index in [1.165, 1.54) is 12.3 Å². The molecule has 1 aromatic heterocycles. The Balaban J connectivity index is 2.21. The number of nitrogens with one attached hydrogen (secondary N) is 1. The Hall–Kier alpha value is -1.01. The molecule has 0 unspecified atom stereocenters. The molecule has 16 heavy (non-hydrogen) atoms. The van der Waals surface area contributed by atoms with Crippen LogP contribution < -0.4 is 0 Å². The van der Waals surface area contributed by atoms with Gasteiger partial charge >= 0.3 is 0 Å². The van der Waals surface area contributed by atoms with Crippen LogP contribution in [-0.2, 0) is 9.05 Å². The maximum Gasteiger partial charge on any atom is 0.270 e. The maximum absolute atomic E-state index is 11.8. The van der Waals surface area contributed by atoms with Gasteiger partial charge in [-0.25, -0.2) is 8.42 Å². The second-order valence-corrected chi connectivity index (χ2v) is 6.40. The molecule has 1 aliphatic rings. The lowest BCUT2D eigenvalue weighted by atomic mass is 10.3. The van der Waals surface area contributed by atoms with Crippen molar-refractivity contribution in [3.63, 3.8) is 0 Å². The summed E-state index contributed by atoms with van der Waals surface area (Å²) in [7, 11) is 3.09. The van der Waals surface area contributed by atoms with Gasteiger partial charge in [-0.1, -0.05) is 0 Å². The normalized spacial score (nSPS) is 16.1. The van der Waals surface area contributed by atoms with E-state index in [4.69, 9.17) is 10.7 Å². The van der Waals surface area contributed by atoms with Gasteiger partial charge in [0.1, 0.15) is 10.6 Å². The van der Waals surface area contributed by atoms with Crippen LogP contribution in [0.2, 0.25) is 0 Å². The standard InChI is InChI=1S/C9H11ClN2O3S/c1-12(6-2-3-6)9(13)8-4-7(5-11-8)16(10,14)15/h4-6,11H,2-3H2,1H3. The second-order valence-electron chi connectivity index (χ2n) is 3.83. The molecule has 0 atom stereocenters. The van der Waals surface area contributed by atoms with E-state index in [9.17, 15) is 13.2 Å². The quantitative estimate of drug-likeness (QED) is 0.832. The molecule has 0 spiro atoms. The van der Waals surface area contributed by atoms with Crippen molar-refractivity contribution in [2.45, 2.75) is 23.8 Å². The van der Waals surface area contributed by atoms with Gasteiger partial charge in [0.05, 0.1) is 0 Å². The van der Waals surface area contributed by atoms with Gasteiger partial charge in [-0.15, -0.1) is 0 Å². The maximum atomic E-state index is 11.8. The van der Waals surface area contributed by atoms with Crippen molar-refractivity contribution in [3.8, 4) is 0 Å². The summed E-state index contributed by atoms with van der Waals surface area (Å²) in [5.41, 5.74) is 0.244. The average Bonchev–Trinajstić information content (AvgIpc) is 2.91. The Morgan fingerprint density at radius 3 is 2.62 bits per heavy atom. The average molecular weight is 263 g/mol. The Kier molecular flexibility index (Phi) is 2.71. The van der Waals surface area contributed by atoms with Gasteiger partial charge in [0.2, 0.25) is 0 Å². The monoisotopic (exact) mass is 262 g/mol. The number of carbonyl (C=O) groups excluding carboxylic acids is 1. The number of aromatic amines is 1. The minimum Gasteiger partial charge on any atom is -0.356 e. The van der Waals surface area contributed by atoms with E-state index in [0.29, 0.717) is 0 Å². The molecule has 1 heterocycles. The molecule has 1 fully saturated rings. The predicted molar refractivity (Wildman–Crippen MR) is 58.9 cm³/mol.